The van der Waals surface area contributed by atoms with Crippen molar-refractivity contribution in [3.63, 3.8) is 0 Å². The van der Waals surface area contributed by atoms with Gasteiger partial charge in [0.05, 0.1) is 11.1 Å². The van der Waals surface area contributed by atoms with Gasteiger partial charge in [-0.15, -0.1) is 16.4 Å². The van der Waals surface area contributed by atoms with Crippen LogP contribution in [0.25, 0.3) is 10.2 Å². The van der Waals surface area contributed by atoms with Gasteiger partial charge in [0, 0.05) is 25.1 Å². The molecule has 1 aliphatic rings. The van der Waals surface area contributed by atoms with Gasteiger partial charge in [0.2, 0.25) is 0 Å². The maximum atomic E-state index is 12.7. The van der Waals surface area contributed by atoms with E-state index in [1.54, 1.807) is 23.0 Å². The van der Waals surface area contributed by atoms with Crippen LogP contribution in [0.2, 0.25) is 0 Å². The molecular formula is C18H23N5O3S2. The maximum absolute atomic E-state index is 12.7. The Labute approximate surface area is 169 Å². The van der Waals surface area contributed by atoms with E-state index in [2.05, 4.69) is 27.1 Å². The number of hydrogen-bond acceptors (Lipinski definition) is 7. The molecule has 10 heteroatoms. The van der Waals surface area contributed by atoms with Gasteiger partial charge in [0.15, 0.2) is 5.16 Å². The molecule has 4 rings (SSSR count). The largest absolute Gasteiger partial charge is 0.385 e. The van der Waals surface area contributed by atoms with Crippen LogP contribution >= 0.6 is 23.1 Å². The standard InChI is InChI=1S/C18H23N5O3S2/c1-10-4-5-11-12(8-10)28-16-14(11)15(24)19-13(20-16)9-27-18-22-21-17(25)23(18)6-3-7-26-2/h10H,3-9H2,1-2H3,(H,21,25)(H,19,20,24)/t10-/m1/s1. The van der Waals surface area contributed by atoms with E-state index in [4.69, 9.17) is 4.74 Å². The number of hydrogen-bond donors (Lipinski definition) is 2. The predicted molar refractivity (Wildman–Crippen MR) is 110 cm³/mol. The third-order valence-electron chi connectivity index (χ3n) is 5.01. The molecule has 0 aliphatic heterocycles. The zero-order valence-corrected chi connectivity index (χ0v) is 17.5. The number of fused-ring (bicyclic) bond motifs is 3. The van der Waals surface area contributed by atoms with Gasteiger partial charge in [0.25, 0.3) is 5.56 Å². The van der Waals surface area contributed by atoms with Gasteiger partial charge in [-0.2, -0.15) is 0 Å². The molecule has 3 aromatic heterocycles. The molecule has 8 nitrogen and oxygen atoms in total. The molecule has 1 aliphatic carbocycles. The second-order valence-electron chi connectivity index (χ2n) is 7.14. The fraction of sp³-hybridized carbons (Fsp3) is 0.556. The lowest BCUT2D eigenvalue weighted by molar-refractivity contribution is 0.189. The molecule has 0 fully saturated rings. The molecule has 150 valence electrons. The highest BCUT2D eigenvalue weighted by Gasteiger charge is 2.23. The van der Waals surface area contributed by atoms with Crippen LogP contribution in [0.5, 0.6) is 0 Å². The molecule has 1 atom stereocenters. The Morgan fingerprint density at radius 1 is 1.39 bits per heavy atom. The van der Waals surface area contributed by atoms with E-state index in [9.17, 15) is 9.59 Å². The quantitative estimate of drug-likeness (QED) is 0.448. The topological polar surface area (TPSA) is 106 Å². The molecule has 0 unspecified atom stereocenters. The molecule has 0 amide bonds. The van der Waals surface area contributed by atoms with Crippen molar-refractivity contribution in [3.8, 4) is 0 Å². The zero-order valence-electron chi connectivity index (χ0n) is 15.9. The van der Waals surface area contributed by atoms with Gasteiger partial charge in [-0.05, 0) is 37.2 Å². The van der Waals surface area contributed by atoms with Gasteiger partial charge >= 0.3 is 5.69 Å². The van der Waals surface area contributed by atoms with Gasteiger partial charge < -0.3 is 9.72 Å². The molecule has 0 aromatic carbocycles. The van der Waals surface area contributed by atoms with E-state index in [1.807, 2.05) is 0 Å². The van der Waals surface area contributed by atoms with E-state index >= 15 is 0 Å². The third kappa shape index (κ3) is 3.81. The van der Waals surface area contributed by atoms with E-state index in [0.29, 0.717) is 35.8 Å². The van der Waals surface area contributed by atoms with Crippen LogP contribution in [-0.2, 0) is 29.9 Å². The van der Waals surface area contributed by atoms with Crippen molar-refractivity contribution in [1.29, 1.82) is 0 Å². The van der Waals surface area contributed by atoms with E-state index in [1.165, 1.54) is 22.2 Å². The van der Waals surface area contributed by atoms with Crippen LogP contribution in [0.3, 0.4) is 0 Å². The molecule has 2 N–H and O–H groups in total. The molecule has 0 saturated carbocycles. The Morgan fingerprint density at radius 2 is 2.25 bits per heavy atom. The summed E-state index contributed by atoms with van der Waals surface area (Å²) in [5.41, 5.74) is 0.882. The highest BCUT2D eigenvalue weighted by Crippen LogP contribution is 2.35. The number of nitrogens with zero attached hydrogens (tertiary/aromatic N) is 3. The van der Waals surface area contributed by atoms with Crippen molar-refractivity contribution >= 4 is 33.3 Å². The van der Waals surface area contributed by atoms with E-state index < -0.39 is 0 Å². The average Bonchev–Trinajstić information content (AvgIpc) is 3.20. The monoisotopic (exact) mass is 421 g/mol. The van der Waals surface area contributed by atoms with Gasteiger partial charge in [-0.3, -0.25) is 9.36 Å². The second-order valence-corrected chi connectivity index (χ2v) is 9.17. The molecule has 0 radical (unpaired) electrons. The Hall–Kier alpha value is -1.91. The SMILES string of the molecule is COCCCn1c(SCc2nc3sc4c(c3c(=O)[nH]2)CC[C@@H](C)C4)n[nH]c1=O. The first kappa shape index (κ1) is 19.4. The lowest BCUT2D eigenvalue weighted by Gasteiger charge is -2.17. The number of thioether (sulfide) groups is 1. The average molecular weight is 422 g/mol. The fourth-order valence-electron chi connectivity index (χ4n) is 3.57. The molecule has 28 heavy (non-hydrogen) atoms. The third-order valence-corrected chi connectivity index (χ3v) is 7.14. The Balaban J connectivity index is 1.55. The Morgan fingerprint density at radius 3 is 3.07 bits per heavy atom. The summed E-state index contributed by atoms with van der Waals surface area (Å²) in [6, 6.07) is 0. The number of methoxy groups -OCH3 is 1. The molecular weight excluding hydrogens is 398 g/mol. The summed E-state index contributed by atoms with van der Waals surface area (Å²) in [7, 11) is 1.63. The molecule has 0 bridgehead atoms. The minimum Gasteiger partial charge on any atom is -0.385 e. The van der Waals surface area contributed by atoms with E-state index in [0.717, 1.165) is 35.9 Å². The molecule has 0 saturated heterocycles. The highest BCUT2D eigenvalue weighted by atomic mass is 32.2. The minimum atomic E-state index is -0.240. The minimum absolute atomic E-state index is 0.0628. The lowest BCUT2D eigenvalue weighted by Crippen LogP contribution is -2.18. The Bertz CT molecular complexity index is 1100. The van der Waals surface area contributed by atoms with Crippen LogP contribution in [0.15, 0.2) is 14.7 Å². The van der Waals surface area contributed by atoms with Crippen LogP contribution < -0.4 is 11.2 Å². The first-order chi connectivity index (χ1) is 13.6. The second kappa shape index (κ2) is 8.22. The maximum Gasteiger partial charge on any atom is 0.343 e. The van der Waals surface area contributed by atoms with Crippen LogP contribution in [-0.4, -0.2) is 38.4 Å². The van der Waals surface area contributed by atoms with Crippen molar-refractivity contribution in [2.24, 2.45) is 5.92 Å². The summed E-state index contributed by atoms with van der Waals surface area (Å²) < 4.78 is 6.63. The van der Waals surface area contributed by atoms with Gasteiger partial charge in [-0.25, -0.2) is 14.9 Å². The number of aromatic amines is 2. The zero-order chi connectivity index (χ0) is 19.7. The number of thiophene rings is 1. The van der Waals surface area contributed by atoms with Crippen LogP contribution in [0.1, 0.15) is 36.0 Å². The first-order valence-corrected chi connectivity index (χ1v) is 11.2. The normalized spacial score (nSPS) is 16.6. The molecule has 3 aromatic rings. The summed E-state index contributed by atoms with van der Waals surface area (Å²) in [6.07, 6.45) is 3.83. The summed E-state index contributed by atoms with van der Waals surface area (Å²) in [5, 5.41) is 7.92. The van der Waals surface area contributed by atoms with Gasteiger partial charge in [0.1, 0.15) is 10.7 Å². The van der Waals surface area contributed by atoms with Crippen molar-refractivity contribution in [3.05, 3.63) is 37.1 Å². The smallest absolute Gasteiger partial charge is 0.343 e. The predicted octanol–water partition coefficient (Wildman–Crippen LogP) is 2.32. The number of aromatic nitrogens is 5. The van der Waals surface area contributed by atoms with Gasteiger partial charge in [-0.1, -0.05) is 18.7 Å². The highest BCUT2D eigenvalue weighted by molar-refractivity contribution is 7.98. The molecule has 0 spiro atoms. The van der Waals surface area contributed by atoms with Crippen LogP contribution in [0, 0.1) is 5.92 Å². The number of nitrogens with one attached hydrogen (secondary N) is 2. The van der Waals surface area contributed by atoms with Crippen LogP contribution in [0.4, 0.5) is 0 Å². The van der Waals surface area contributed by atoms with Crippen molar-refractivity contribution < 1.29 is 4.74 Å². The number of rotatable bonds is 7. The fourth-order valence-corrected chi connectivity index (χ4v) is 5.82. The van der Waals surface area contributed by atoms with Crippen molar-refractivity contribution in [2.45, 2.75) is 50.1 Å². The summed E-state index contributed by atoms with van der Waals surface area (Å²) >= 11 is 3.03. The number of H-pyrrole nitrogens is 2. The first-order valence-electron chi connectivity index (χ1n) is 9.37. The number of ether oxygens (including phenoxy) is 1. The van der Waals surface area contributed by atoms with Crippen molar-refractivity contribution in [1.82, 2.24) is 24.7 Å². The summed E-state index contributed by atoms with van der Waals surface area (Å²) in [6.45, 7) is 3.36. The summed E-state index contributed by atoms with van der Waals surface area (Å²) in [5.74, 6) is 1.70. The summed E-state index contributed by atoms with van der Waals surface area (Å²) in [4.78, 5) is 34.3. The van der Waals surface area contributed by atoms with Crippen molar-refractivity contribution in [2.75, 3.05) is 13.7 Å². The Kier molecular flexibility index (Phi) is 5.70. The molecule has 3 heterocycles. The lowest BCUT2D eigenvalue weighted by atomic mass is 9.89. The van der Waals surface area contributed by atoms with E-state index in [-0.39, 0.29) is 11.2 Å². The number of aryl methyl sites for hydroxylation is 1.